The number of amides is 2. The summed E-state index contributed by atoms with van der Waals surface area (Å²) < 4.78 is 15.3. The van der Waals surface area contributed by atoms with E-state index in [0.717, 1.165) is 23.3 Å². The average Bonchev–Trinajstić information content (AvgIpc) is 3.14. The lowest BCUT2D eigenvalue weighted by molar-refractivity contribution is -0.150. The Morgan fingerprint density at radius 2 is 1.76 bits per heavy atom. The molecule has 0 bridgehead atoms. The number of carbonyl (C=O) groups excluding carboxylic acids is 4. The zero-order valence-corrected chi connectivity index (χ0v) is 20.5. The van der Waals surface area contributed by atoms with Crippen molar-refractivity contribution in [3.8, 4) is 0 Å². The molecular formula is C24H30N2O7S. The fourth-order valence-electron chi connectivity index (χ4n) is 3.35. The minimum Gasteiger partial charge on any atom is -0.460 e. The van der Waals surface area contributed by atoms with Gasteiger partial charge in [0.15, 0.2) is 6.61 Å². The number of esters is 2. The number of benzene rings is 1. The molecule has 2 amide bonds. The predicted octanol–water partition coefficient (Wildman–Crippen LogP) is 3.27. The van der Waals surface area contributed by atoms with Gasteiger partial charge in [-0.05, 0) is 24.0 Å². The number of primary amides is 1. The molecule has 0 fully saturated rings. The maximum atomic E-state index is 12.8. The molecule has 0 aliphatic carbocycles. The third-order valence-corrected chi connectivity index (χ3v) is 6.54. The van der Waals surface area contributed by atoms with E-state index in [2.05, 4.69) is 5.32 Å². The van der Waals surface area contributed by atoms with Gasteiger partial charge in [0.25, 0.3) is 11.8 Å². The molecule has 0 saturated heterocycles. The van der Waals surface area contributed by atoms with Crippen molar-refractivity contribution in [2.45, 2.75) is 33.1 Å². The average molecular weight is 491 g/mol. The number of thiophene rings is 1. The van der Waals surface area contributed by atoms with Crippen molar-refractivity contribution >= 4 is 40.1 Å². The summed E-state index contributed by atoms with van der Waals surface area (Å²) in [6.07, 6.45) is 0.750. The fourth-order valence-corrected chi connectivity index (χ4v) is 4.42. The van der Waals surface area contributed by atoms with Crippen LogP contribution in [-0.2, 0) is 23.8 Å². The summed E-state index contributed by atoms with van der Waals surface area (Å²) in [4.78, 5) is 49.8. The second-order valence-electron chi connectivity index (χ2n) is 7.68. The van der Waals surface area contributed by atoms with Crippen molar-refractivity contribution < 1.29 is 33.4 Å². The van der Waals surface area contributed by atoms with Crippen LogP contribution < -0.4 is 11.1 Å². The highest BCUT2D eigenvalue weighted by Crippen LogP contribution is 2.33. The molecule has 0 aliphatic heterocycles. The molecule has 0 aliphatic rings. The highest BCUT2D eigenvalue weighted by atomic mass is 32.1. The Morgan fingerprint density at radius 3 is 2.35 bits per heavy atom. The van der Waals surface area contributed by atoms with Crippen LogP contribution in [0, 0.1) is 12.8 Å². The van der Waals surface area contributed by atoms with E-state index in [-0.39, 0.29) is 34.6 Å². The smallest absolute Gasteiger partial charge is 0.341 e. The number of ether oxygens (including phenoxy) is 3. The van der Waals surface area contributed by atoms with Gasteiger partial charge in [-0.25, -0.2) is 4.79 Å². The maximum absolute atomic E-state index is 12.8. The lowest BCUT2D eigenvalue weighted by Crippen LogP contribution is -2.27. The molecule has 1 aromatic heterocycles. The molecule has 0 spiro atoms. The minimum atomic E-state index is -0.736. The molecule has 3 N–H and O–H groups in total. The van der Waals surface area contributed by atoms with Crippen LogP contribution in [-0.4, -0.2) is 50.7 Å². The molecule has 0 saturated carbocycles. The van der Waals surface area contributed by atoms with Crippen LogP contribution in [0.5, 0.6) is 0 Å². The number of carbonyl (C=O) groups is 4. The van der Waals surface area contributed by atoms with Gasteiger partial charge in [0.2, 0.25) is 0 Å². The van der Waals surface area contributed by atoms with Gasteiger partial charge in [0.05, 0.1) is 23.0 Å². The zero-order valence-electron chi connectivity index (χ0n) is 19.7. The van der Waals surface area contributed by atoms with Gasteiger partial charge < -0.3 is 25.3 Å². The van der Waals surface area contributed by atoms with Gasteiger partial charge in [-0.2, -0.15) is 0 Å². The number of hydrogen-bond donors (Lipinski definition) is 2. The number of hydrogen-bond acceptors (Lipinski definition) is 8. The number of methoxy groups -OCH3 is 1. The van der Waals surface area contributed by atoms with Crippen LogP contribution in [0.2, 0.25) is 0 Å². The van der Waals surface area contributed by atoms with Crippen molar-refractivity contribution in [2.75, 3.05) is 32.2 Å². The molecular weight excluding hydrogens is 460 g/mol. The Labute approximate surface area is 202 Å². The van der Waals surface area contributed by atoms with Crippen molar-refractivity contribution in [2.24, 2.45) is 11.7 Å². The fraction of sp³-hybridized carbons (Fsp3) is 0.417. The molecule has 10 heteroatoms. The van der Waals surface area contributed by atoms with Crippen molar-refractivity contribution in [3.05, 3.63) is 51.9 Å². The summed E-state index contributed by atoms with van der Waals surface area (Å²) in [5, 5.41) is 2.63. The van der Waals surface area contributed by atoms with Crippen LogP contribution >= 0.6 is 11.3 Å². The van der Waals surface area contributed by atoms with Gasteiger partial charge in [0, 0.05) is 7.11 Å². The summed E-state index contributed by atoms with van der Waals surface area (Å²) in [5.74, 6) is -3.16. The summed E-state index contributed by atoms with van der Waals surface area (Å²) >= 11 is 0.857. The topological polar surface area (TPSA) is 134 Å². The third-order valence-electron chi connectivity index (χ3n) is 5.32. The molecule has 1 heterocycles. The Kier molecular flexibility index (Phi) is 10.2. The first-order chi connectivity index (χ1) is 16.2. The second kappa shape index (κ2) is 12.9. The Bertz CT molecular complexity index is 1020. The normalized spacial score (nSPS) is 12.5. The zero-order chi connectivity index (χ0) is 25.3. The molecule has 2 aromatic rings. The summed E-state index contributed by atoms with van der Waals surface area (Å²) in [6, 6.07) is 9.23. The van der Waals surface area contributed by atoms with E-state index in [1.54, 1.807) is 0 Å². The van der Waals surface area contributed by atoms with Crippen LogP contribution in [0.3, 0.4) is 0 Å². The minimum absolute atomic E-state index is 0.00197. The Hall–Kier alpha value is -3.24. The van der Waals surface area contributed by atoms with Crippen molar-refractivity contribution in [3.63, 3.8) is 0 Å². The monoisotopic (exact) mass is 490 g/mol. The molecule has 184 valence electrons. The molecule has 2 unspecified atom stereocenters. The van der Waals surface area contributed by atoms with E-state index >= 15 is 0 Å². The van der Waals surface area contributed by atoms with E-state index in [1.807, 2.05) is 44.2 Å². The predicted molar refractivity (Wildman–Crippen MR) is 128 cm³/mol. The number of anilines is 1. The number of nitrogens with one attached hydrogen (secondary N) is 1. The third kappa shape index (κ3) is 6.88. The first-order valence-electron chi connectivity index (χ1n) is 10.8. The first-order valence-corrected chi connectivity index (χ1v) is 11.6. The van der Waals surface area contributed by atoms with Gasteiger partial charge in [0.1, 0.15) is 11.6 Å². The Morgan fingerprint density at radius 1 is 1.09 bits per heavy atom. The van der Waals surface area contributed by atoms with Gasteiger partial charge in [-0.3, -0.25) is 14.4 Å². The summed E-state index contributed by atoms with van der Waals surface area (Å²) in [5.41, 5.74) is 6.53. The molecule has 9 nitrogen and oxygen atoms in total. The van der Waals surface area contributed by atoms with Crippen molar-refractivity contribution in [1.82, 2.24) is 0 Å². The van der Waals surface area contributed by atoms with Crippen LogP contribution in [0.1, 0.15) is 57.3 Å². The molecule has 1 aromatic carbocycles. The largest absolute Gasteiger partial charge is 0.460 e. The first kappa shape index (κ1) is 27.0. The van der Waals surface area contributed by atoms with Crippen LogP contribution in [0.25, 0.3) is 0 Å². The SMILES string of the molecule is CCC(C)C(C(=O)OCC(=O)Nc1sc(C(N)=O)c(C)c1C(=O)OCCOC)c1ccccc1. The van der Waals surface area contributed by atoms with E-state index in [1.165, 1.54) is 14.0 Å². The highest BCUT2D eigenvalue weighted by molar-refractivity contribution is 7.18. The van der Waals surface area contributed by atoms with E-state index in [0.29, 0.717) is 5.56 Å². The molecule has 2 atom stereocenters. The lowest BCUT2D eigenvalue weighted by atomic mass is 9.86. The van der Waals surface area contributed by atoms with E-state index in [4.69, 9.17) is 19.9 Å². The highest BCUT2D eigenvalue weighted by Gasteiger charge is 2.29. The van der Waals surface area contributed by atoms with Crippen molar-refractivity contribution in [1.29, 1.82) is 0 Å². The number of nitrogens with two attached hydrogens (primary N) is 1. The number of rotatable bonds is 12. The molecule has 34 heavy (non-hydrogen) atoms. The molecule has 2 rings (SSSR count). The van der Waals surface area contributed by atoms with Gasteiger partial charge >= 0.3 is 11.9 Å². The van der Waals surface area contributed by atoms with E-state index in [9.17, 15) is 19.2 Å². The van der Waals surface area contributed by atoms with Gasteiger partial charge in [-0.15, -0.1) is 11.3 Å². The summed E-state index contributed by atoms with van der Waals surface area (Å²) in [6.45, 7) is 5.09. The van der Waals surface area contributed by atoms with Crippen LogP contribution in [0.15, 0.2) is 30.3 Å². The molecule has 0 radical (unpaired) electrons. The van der Waals surface area contributed by atoms with E-state index < -0.39 is 36.3 Å². The lowest BCUT2D eigenvalue weighted by Gasteiger charge is -2.21. The van der Waals surface area contributed by atoms with Crippen LogP contribution in [0.4, 0.5) is 5.00 Å². The standard InChI is InChI=1S/C24H30N2O7S/c1-5-14(2)18(16-9-7-6-8-10-16)23(29)33-13-17(27)26-22-19(24(30)32-12-11-31-4)15(3)20(34-22)21(25)28/h6-10,14,18H,5,11-13H2,1-4H3,(H2,25,28)(H,26,27). The van der Waals surface area contributed by atoms with Gasteiger partial charge in [-0.1, -0.05) is 50.6 Å². The quantitative estimate of drug-likeness (QED) is 0.344. The second-order valence-corrected chi connectivity index (χ2v) is 8.70. The summed E-state index contributed by atoms with van der Waals surface area (Å²) in [7, 11) is 1.46. The Balaban J connectivity index is 2.14. The maximum Gasteiger partial charge on any atom is 0.341 e.